The summed E-state index contributed by atoms with van der Waals surface area (Å²) >= 11 is 0. The highest BCUT2D eigenvalue weighted by atomic mass is 14.8. The van der Waals surface area contributed by atoms with E-state index in [9.17, 15) is 0 Å². The Bertz CT molecular complexity index is 1450. The van der Waals surface area contributed by atoms with Gasteiger partial charge in [0, 0.05) is 39.4 Å². The van der Waals surface area contributed by atoms with Gasteiger partial charge in [0.25, 0.3) is 0 Å². The van der Waals surface area contributed by atoms with E-state index in [2.05, 4.69) is 82.7 Å². The Balaban J connectivity index is 1.97. The zero-order valence-electron chi connectivity index (χ0n) is 20.2. The molecule has 4 heteroatoms. The highest BCUT2D eigenvalue weighted by Crippen LogP contribution is 2.33. The van der Waals surface area contributed by atoms with Crippen molar-refractivity contribution in [1.29, 1.82) is 0 Å². The fraction of sp³-hybridized carbons (Fsp3) is 0.357. The first-order valence-electron chi connectivity index (χ1n) is 11.6. The van der Waals surface area contributed by atoms with Crippen LogP contribution in [0.4, 0.5) is 0 Å². The van der Waals surface area contributed by atoms with Crippen LogP contribution in [-0.2, 0) is 12.8 Å². The standard InChI is InChI=1S/C28H32N4/c1-8-20-18(6)27-13-26-17(5)16(4)25(31-26)11-21-14(2)9-23(29-21)19(7)24-10-15(3)22(30-24)12-28(20)32-27/h10-14,30,32H,8-9H2,1-7H3. The van der Waals surface area contributed by atoms with Crippen molar-refractivity contribution in [1.82, 2.24) is 19.9 Å². The van der Waals surface area contributed by atoms with E-state index in [1.807, 2.05) is 0 Å². The Labute approximate surface area is 189 Å². The minimum atomic E-state index is 0.390. The average molecular weight is 425 g/mol. The summed E-state index contributed by atoms with van der Waals surface area (Å²) < 4.78 is 0. The Morgan fingerprint density at radius 2 is 1.44 bits per heavy atom. The number of hydrogen-bond acceptors (Lipinski definition) is 2. The third-order valence-corrected chi connectivity index (χ3v) is 7.39. The van der Waals surface area contributed by atoms with Crippen LogP contribution >= 0.6 is 0 Å². The normalized spacial score (nSPS) is 16.2. The van der Waals surface area contributed by atoms with E-state index in [1.54, 1.807) is 0 Å². The van der Waals surface area contributed by atoms with Crippen molar-refractivity contribution >= 4 is 33.2 Å². The maximum Gasteiger partial charge on any atom is 0.0690 e. The minimum Gasteiger partial charge on any atom is -0.355 e. The number of aryl methyl sites for hydroxylation is 4. The van der Waals surface area contributed by atoms with Gasteiger partial charge in [-0.3, -0.25) is 4.98 Å². The first kappa shape index (κ1) is 20.7. The molecule has 0 saturated heterocycles. The highest BCUT2D eigenvalue weighted by molar-refractivity contribution is 5.91. The molecule has 0 aliphatic carbocycles. The maximum absolute atomic E-state index is 5.05. The van der Waals surface area contributed by atoms with Gasteiger partial charge in [-0.15, -0.1) is 0 Å². The van der Waals surface area contributed by atoms with E-state index < -0.39 is 0 Å². The lowest BCUT2D eigenvalue weighted by atomic mass is 10.0. The Morgan fingerprint density at radius 1 is 0.781 bits per heavy atom. The molecule has 0 spiro atoms. The Morgan fingerprint density at radius 3 is 2.16 bits per heavy atom. The summed E-state index contributed by atoms with van der Waals surface area (Å²) in [5.41, 5.74) is 16.6. The molecule has 1 atom stereocenters. The third kappa shape index (κ3) is 3.21. The molecule has 4 nitrogen and oxygen atoms in total. The quantitative estimate of drug-likeness (QED) is 0.438. The summed E-state index contributed by atoms with van der Waals surface area (Å²) in [7, 11) is 0. The van der Waals surface area contributed by atoms with Crippen LogP contribution in [0.2, 0.25) is 0 Å². The molecule has 2 N–H and O–H groups in total. The summed E-state index contributed by atoms with van der Waals surface area (Å²) in [4.78, 5) is 17.4. The van der Waals surface area contributed by atoms with E-state index in [1.165, 1.54) is 44.6 Å². The third-order valence-electron chi connectivity index (χ3n) is 7.39. The van der Waals surface area contributed by atoms with Gasteiger partial charge in [-0.05, 0) is 105 Å². The molecule has 0 amide bonds. The van der Waals surface area contributed by atoms with Crippen LogP contribution in [0.5, 0.6) is 0 Å². The van der Waals surface area contributed by atoms with Crippen molar-refractivity contribution < 1.29 is 0 Å². The second-order valence-corrected chi connectivity index (χ2v) is 9.47. The van der Waals surface area contributed by atoms with E-state index in [0.717, 1.165) is 46.5 Å². The lowest BCUT2D eigenvalue weighted by molar-refractivity contribution is 0.793. The van der Waals surface area contributed by atoms with Crippen molar-refractivity contribution in [3.8, 4) is 0 Å². The lowest BCUT2D eigenvalue weighted by Gasteiger charge is -2.00. The van der Waals surface area contributed by atoms with Gasteiger partial charge >= 0.3 is 0 Å². The maximum atomic E-state index is 5.05. The monoisotopic (exact) mass is 424 g/mol. The number of allylic oxidation sites excluding steroid dienone is 2. The Kier molecular flexibility index (Phi) is 4.85. The summed E-state index contributed by atoms with van der Waals surface area (Å²) in [5, 5.41) is 0. The number of H-pyrrole nitrogens is 2. The SMILES string of the molecule is CCc1c(C)c2cc3nc(cc4nc(c(C)c5cc(C)c(cc1[nH]2)[nH]5)CC4C)C(C)=C3C. The molecule has 0 aromatic carbocycles. The number of aromatic amines is 2. The molecule has 164 valence electrons. The second-order valence-electron chi connectivity index (χ2n) is 9.47. The van der Waals surface area contributed by atoms with E-state index >= 15 is 0 Å². The second kappa shape index (κ2) is 7.47. The van der Waals surface area contributed by atoms with E-state index in [0.29, 0.717) is 5.92 Å². The average Bonchev–Trinajstić information content (AvgIpc) is 3.46. The summed E-state index contributed by atoms with van der Waals surface area (Å²) in [5.74, 6) is 0.390. The van der Waals surface area contributed by atoms with E-state index in [4.69, 9.17) is 9.97 Å². The number of nitrogens with one attached hydrogen (secondary N) is 2. The zero-order valence-corrected chi connectivity index (χ0v) is 20.2. The summed E-state index contributed by atoms with van der Waals surface area (Å²) in [6.45, 7) is 15.4. The molecule has 2 aliphatic rings. The van der Waals surface area contributed by atoms with Gasteiger partial charge in [0.1, 0.15) is 0 Å². The van der Waals surface area contributed by atoms with Crippen LogP contribution in [-0.4, -0.2) is 19.9 Å². The first-order chi connectivity index (χ1) is 15.3. The van der Waals surface area contributed by atoms with Gasteiger partial charge in [0.2, 0.25) is 0 Å². The number of fused-ring (bicyclic) bond motifs is 8. The molecule has 32 heavy (non-hydrogen) atoms. The van der Waals surface area contributed by atoms with Crippen LogP contribution in [0.15, 0.2) is 24.3 Å². The molecule has 2 aliphatic heterocycles. The smallest absolute Gasteiger partial charge is 0.0690 e. The van der Waals surface area contributed by atoms with Crippen molar-refractivity contribution in [3.05, 3.63) is 69.3 Å². The van der Waals surface area contributed by atoms with Gasteiger partial charge in [-0.1, -0.05) is 13.8 Å². The largest absolute Gasteiger partial charge is 0.355 e. The molecule has 8 bridgehead atoms. The molecule has 0 fully saturated rings. The summed E-state index contributed by atoms with van der Waals surface area (Å²) in [6.07, 6.45) is 1.95. The fourth-order valence-corrected chi connectivity index (χ4v) is 4.99. The van der Waals surface area contributed by atoms with Crippen LogP contribution in [0.3, 0.4) is 0 Å². The number of rotatable bonds is 1. The predicted molar refractivity (Wildman–Crippen MR) is 135 cm³/mol. The van der Waals surface area contributed by atoms with Crippen molar-refractivity contribution in [3.63, 3.8) is 0 Å². The molecular formula is C28H32N4. The van der Waals surface area contributed by atoms with Crippen molar-refractivity contribution in [2.75, 3.05) is 0 Å². The van der Waals surface area contributed by atoms with Crippen LogP contribution in [0.1, 0.15) is 78.6 Å². The topological polar surface area (TPSA) is 57.4 Å². The van der Waals surface area contributed by atoms with Crippen molar-refractivity contribution in [2.45, 2.75) is 67.2 Å². The van der Waals surface area contributed by atoms with Crippen molar-refractivity contribution in [2.24, 2.45) is 0 Å². The zero-order chi connectivity index (χ0) is 22.7. The van der Waals surface area contributed by atoms with Crippen LogP contribution in [0, 0.1) is 20.8 Å². The number of nitrogens with zero attached hydrogens (tertiary/aromatic N) is 2. The number of aromatic nitrogens is 4. The van der Waals surface area contributed by atoms with Gasteiger partial charge in [-0.25, -0.2) is 4.98 Å². The minimum absolute atomic E-state index is 0.390. The van der Waals surface area contributed by atoms with Gasteiger partial charge in [-0.2, -0.15) is 0 Å². The van der Waals surface area contributed by atoms with Gasteiger partial charge < -0.3 is 9.97 Å². The molecule has 1 unspecified atom stereocenters. The molecular weight excluding hydrogens is 392 g/mol. The first-order valence-corrected chi connectivity index (χ1v) is 11.6. The highest BCUT2D eigenvalue weighted by Gasteiger charge is 2.20. The van der Waals surface area contributed by atoms with Gasteiger partial charge in [0.05, 0.1) is 11.4 Å². The molecule has 5 heterocycles. The molecule has 0 radical (unpaired) electrons. The molecule has 0 saturated carbocycles. The molecule has 3 aromatic heterocycles. The van der Waals surface area contributed by atoms with Crippen LogP contribution in [0.25, 0.3) is 33.2 Å². The molecule has 3 aromatic rings. The van der Waals surface area contributed by atoms with E-state index in [-0.39, 0.29) is 0 Å². The molecule has 5 rings (SSSR count). The lowest BCUT2D eigenvalue weighted by Crippen LogP contribution is -1.90. The predicted octanol–water partition coefficient (Wildman–Crippen LogP) is 7.10. The Hall–Kier alpha value is -3.14. The number of hydrogen-bond donors (Lipinski definition) is 2. The van der Waals surface area contributed by atoms with Gasteiger partial charge in [0.15, 0.2) is 0 Å². The fourth-order valence-electron chi connectivity index (χ4n) is 4.99. The summed E-state index contributed by atoms with van der Waals surface area (Å²) in [6, 6.07) is 8.91. The van der Waals surface area contributed by atoms with Crippen LogP contribution < -0.4 is 0 Å².